The SMILES string of the molecule is CN(C)c1ccc(NC(=O)c2cccc(C(=O)N3CCCCCC3)c2)cc1. The minimum Gasteiger partial charge on any atom is -0.378 e. The third-order valence-electron chi connectivity index (χ3n) is 4.91. The highest BCUT2D eigenvalue weighted by Gasteiger charge is 2.18. The van der Waals surface area contributed by atoms with E-state index in [2.05, 4.69) is 5.32 Å². The van der Waals surface area contributed by atoms with Crippen LogP contribution in [0.25, 0.3) is 0 Å². The van der Waals surface area contributed by atoms with Gasteiger partial charge in [-0.3, -0.25) is 9.59 Å². The second kappa shape index (κ2) is 8.71. The van der Waals surface area contributed by atoms with E-state index in [1.54, 1.807) is 24.3 Å². The summed E-state index contributed by atoms with van der Waals surface area (Å²) in [4.78, 5) is 29.3. The number of hydrogen-bond donors (Lipinski definition) is 1. The standard InChI is InChI=1S/C22H27N3O2/c1-24(2)20-12-10-19(11-13-20)23-21(26)17-8-7-9-18(16-17)22(27)25-14-5-3-4-6-15-25/h7-13,16H,3-6,14-15H2,1-2H3,(H,23,26). The van der Waals surface area contributed by atoms with Gasteiger partial charge in [0, 0.05) is 49.7 Å². The number of benzene rings is 2. The number of likely N-dealkylation sites (tertiary alicyclic amines) is 1. The second-order valence-electron chi connectivity index (χ2n) is 7.18. The summed E-state index contributed by atoms with van der Waals surface area (Å²) in [6, 6.07) is 14.6. The molecule has 1 fully saturated rings. The van der Waals surface area contributed by atoms with Gasteiger partial charge in [0.2, 0.25) is 0 Å². The molecule has 1 aliphatic heterocycles. The first kappa shape index (κ1) is 19.0. The van der Waals surface area contributed by atoms with Gasteiger partial charge in [0.05, 0.1) is 0 Å². The molecule has 2 aromatic carbocycles. The highest BCUT2D eigenvalue weighted by atomic mass is 16.2. The molecular formula is C22H27N3O2. The molecule has 0 atom stereocenters. The van der Waals surface area contributed by atoms with Crippen molar-refractivity contribution in [3.05, 3.63) is 59.7 Å². The van der Waals surface area contributed by atoms with Gasteiger partial charge >= 0.3 is 0 Å². The molecule has 0 bridgehead atoms. The Hall–Kier alpha value is -2.82. The molecule has 0 saturated carbocycles. The summed E-state index contributed by atoms with van der Waals surface area (Å²) in [5, 5.41) is 2.90. The molecule has 0 aliphatic carbocycles. The van der Waals surface area contributed by atoms with Crippen LogP contribution in [-0.2, 0) is 0 Å². The number of nitrogens with one attached hydrogen (secondary N) is 1. The average Bonchev–Trinajstić information content (AvgIpc) is 2.97. The maximum atomic E-state index is 12.8. The van der Waals surface area contributed by atoms with E-state index >= 15 is 0 Å². The normalized spacial score (nSPS) is 14.4. The summed E-state index contributed by atoms with van der Waals surface area (Å²) in [7, 11) is 3.95. The Morgan fingerprint density at radius 3 is 2.15 bits per heavy atom. The molecule has 1 saturated heterocycles. The van der Waals surface area contributed by atoms with Crippen molar-refractivity contribution >= 4 is 23.2 Å². The van der Waals surface area contributed by atoms with E-state index in [0.717, 1.165) is 37.3 Å². The van der Waals surface area contributed by atoms with Crippen molar-refractivity contribution < 1.29 is 9.59 Å². The topological polar surface area (TPSA) is 52.7 Å². The van der Waals surface area contributed by atoms with Gasteiger partial charge in [-0.05, 0) is 55.3 Å². The Labute approximate surface area is 161 Å². The van der Waals surface area contributed by atoms with Crippen molar-refractivity contribution in [1.82, 2.24) is 4.90 Å². The van der Waals surface area contributed by atoms with Crippen molar-refractivity contribution in [2.75, 3.05) is 37.4 Å². The van der Waals surface area contributed by atoms with Crippen LogP contribution in [0.5, 0.6) is 0 Å². The largest absolute Gasteiger partial charge is 0.378 e. The summed E-state index contributed by atoms with van der Waals surface area (Å²) in [6.45, 7) is 1.60. The highest BCUT2D eigenvalue weighted by Crippen LogP contribution is 2.18. The fraction of sp³-hybridized carbons (Fsp3) is 0.364. The van der Waals surface area contributed by atoms with E-state index in [0.29, 0.717) is 11.1 Å². The van der Waals surface area contributed by atoms with Gasteiger partial charge in [-0.15, -0.1) is 0 Å². The lowest BCUT2D eigenvalue weighted by Gasteiger charge is -2.20. The lowest BCUT2D eigenvalue weighted by atomic mass is 10.1. The van der Waals surface area contributed by atoms with Crippen LogP contribution < -0.4 is 10.2 Å². The molecule has 0 aromatic heterocycles. The molecule has 5 nitrogen and oxygen atoms in total. The fourth-order valence-electron chi connectivity index (χ4n) is 3.30. The Bertz CT molecular complexity index is 791. The molecular weight excluding hydrogens is 338 g/mol. The average molecular weight is 365 g/mol. The summed E-state index contributed by atoms with van der Waals surface area (Å²) in [6.07, 6.45) is 4.46. The van der Waals surface area contributed by atoms with Gasteiger partial charge in [-0.2, -0.15) is 0 Å². The Kier molecular flexibility index (Phi) is 6.12. The van der Waals surface area contributed by atoms with Gasteiger partial charge in [0.15, 0.2) is 0 Å². The minimum atomic E-state index is -0.210. The minimum absolute atomic E-state index is 0.0156. The number of anilines is 2. The van der Waals surface area contributed by atoms with E-state index in [1.807, 2.05) is 48.2 Å². The molecule has 1 aliphatic rings. The van der Waals surface area contributed by atoms with Crippen LogP contribution in [0.4, 0.5) is 11.4 Å². The van der Waals surface area contributed by atoms with Crippen molar-refractivity contribution in [2.24, 2.45) is 0 Å². The molecule has 142 valence electrons. The van der Waals surface area contributed by atoms with Gasteiger partial charge in [0.25, 0.3) is 11.8 Å². The first-order valence-corrected chi connectivity index (χ1v) is 9.53. The van der Waals surface area contributed by atoms with Crippen LogP contribution in [0.1, 0.15) is 46.4 Å². The van der Waals surface area contributed by atoms with E-state index in [4.69, 9.17) is 0 Å². The highest BCUT2D eigenvalue weighted by molar-refractivity contribution is 6.06. The van der Waals surface area contributed by atoms with Gasteiger partial charge in [-0.1, -0.05) is 18.9 Å². The zero-order valence-corrected chi connectivity index (χ0v) is 16.1. The van der Waals surface area contributed by atoms with Crippen molar-refractivity contribution in [3.63, 3.8) is 0 Å². The molecule has 27 heavy (non-hydrogen) atoms. The van der Waals surface area contributed by atoms with E-state index < -0.39 is 0 Å². The maximum absolute atomic E-state index is 12.8. The zero-order chi connectivity index (χ0) is 19.2. The summed E-state index contributed by atoms with van der Waals surface area (Å²) in [5.74, 6) is -0.194. The molecule has 1 heterocycles. The molecule has 2 aromatic rings. The predicted molar refractivity (Wildman–Crippen MR) is 110 cm³/mol. The van der Waals surface area contributed by atoms with Crippen molar-refractivity contribution in [1.29, 1.82) is 0 Å². The van der Waals surface area contributed by atoms with Crippen molar-refractivity contribution in [3.8, 4) is 0 Å². The number of nitrogens with zero attached hydrogens (tertiary/aromatic N) is 2. The number of amides is 2. The quantitative estimate of drug-likeness (QED) is 0.890. The van der Waals surface area contributed by atoms with E-state index in [-0.39, 0.29) is 11.8 Å². The van der Waals surface area contributed by atoms with Gasteiger partial charge in [0.1, 0.15) is 0 Å². The molecule has 1 N–H and O–H groups in total. The van der Waals surface area contributed by atoms with Crippen molar-refractivity contribution in [2.45, 2.75) is 25.7 Å². The molecule has 5 heteroatoms. The number of carbonyl (C=O) groups is 2. The van der Waals surface area contributed by atoms with Crippen LogP contribution in [0.2, 0.25) is 0 Å². The summed E-state index contributed by atoms with van der Waals surface area (Å²) < 4.78 is 0. The maximum Gasteiger partial charge on any atom is 0.255 e. The van der Waals surface area contributed by atoms with E-state index in [9.17, 15) is 9.59 Å². The monoisotopic (exact) mass is 365 g/mol. The van der Waals surface area contributed by atoms with E-state index in [1.165, 1.54) is 12.8 Å². The fourth-order valence-corrected chi connectivity index (χ4v) is 3.30. The molecule has 2 amide bonds. The zero-order valence-electron chi connectivity index (χ0n) is 16.1. The van der Waals surface area contributed by atoms with Crippen LogP contribution in [0, 0.1) is 0 Å². The number of carbonyl (C=O) groups excluding carboxylic acids is 2. The summed E-state index contributed by atoms with van der Waals surface area (Å²) in [5.41, 5.74) is 2.87. The first-order chi connectivity index (χ1) is 13.0. The molecule has 0 spiro atoms. The Morgan fingerprint density at radius 2 is 1.52 bits per heavy atom. The Balaban J connectivity index is 1.70. The van der Waals surface area contributed by atoms with Gasteiger partial charge in [-0.25, -0.2) is 0 Å². The van der Waals surface area contributed by atoms with Crippen LogP contribution in [0.3, 0.4) is 0 Å². The third kappa shape index (κ3) is 4.88. The number of rotatable bonds is 4. The first-order valence-electron chi connectivity index (χ1n) is 9.53. The lowest BCUT2D eigenvalue weighted by molar-refractivity contribution is 0.0761. The molecule has 0 radical (unpaired) electrons. The molecule has 3 rings (SSSR count). The van der Waals surface area contributed by atoms with Gasteiger partial charge < -0.3 is 15.1 Å². The van der Waals surface area contributed by atoms with Crippen LogP contribution in [-0.4, -0.2) is 43.9 Å². The second-order valence-corrected chi connectivity index (χ2v) is 7.18. The van der Waals surface area contributed by atoms with Crippen LogP contribution >= 0.6 is 0 Å². The lowest BCUT2D eigenvalue weighted by Crippen LogP contribution is -2.32. The smallest absolute Gasteiger partial charge is 0.255 e. The molecule has 0 unspecified atom stereocenters. The third-order valence-corrected chi connectivity index (χ3v) is 4.91. The predicted octanol–water partition coefficient (Wildman–Crippen LogP) is 4.02. The van der Waals surface area contributed by atoms with Crippen LogP contribution in [0.15, 0.2) is 48.5 Å². The number of hydrogen-bond acceptors (Lipinski definition) is 3. The Morgan fingerprint density at radius 1 is 0.889 bits per heavy atom. The summed E-state index contributed by atoms with van der Waals surface area (Å²) >= 11 is 0.